The molecule has 0 radical (unpaired) electrons. The van der Waals surface area contributed by atoms with Crippen molar-refractivity contribution >= 4 is 31.9 Å². The number of hydrogen-bond donors (Lipinski definition) is 0. The topological polar surface area (TPSA) is 0 Å². The summed E-state index contributed by atoms with van der Waals surface area (Å²) in [5, 5.41) is 0. The maximum Gasteiger partial charge on any atom is 0.0181 e. The minimum absolute atomic E-state index is 1.06. The van der Waals surface area contributed by atoms with Gasteiger partial charge in [-0.25, -0.2) is 0 Å². The van der Waals surface area contributed by atoms with Crippen molar-refractivity contribution in [3.63, 3.8) is 0 Å². The number of halogens is 2. The van der Waals surface area contributed by atoms with E-state index in [2.05, 4.69) is 69.1 Å². The van der Waals surface area contributed by atoms with Crippen LogP contribution in [0.4, 0.5) is 0 Å². The van der Waals surface area contributed by atoms with Gasteiger partial charge in [0.05, 0.1) is 0 Å². The van der Waals surface area contributed by atoms with Crippen molar-refractivity contribution in [2.24, 2.45) is 0 Å². The van der Waals surface area contributed by atoms with Gasteiger partial charge < -0.3 is 0 Å². The Labute approximate surface area is 131 Å². The normalized spacial score (nSPS) is 12.4. The molecule has 0 aliphatic heterocycles. The van der Waals surface area contributed by atoms with Crippen molar-refractivity contribution in [2.75, 3.05) is 0 Å². The van der Waals surface area contributed by atoms with E-state index in [0.29, 0.717) is 0 Å². The van der Waals surface area contributed by atoms with E-state index in [1.807, 2.05) is 0 Å². The summed E-state index contributed by atoms with van der Waals surface area (Å²) >= 11 is 7.23. The van der Waals surface area contributed by atoms with Gasteiger partial charge in [-0.15, -0.1) is 0 Å². The van der Waals surface area contributed by atoms with Crippen LogP contribution in [0.1, 0.15) is 36.5 Å². The van der Waals surface area contributed by atoms with Gasteiger partial charge in [-0.2, -0.15) is 0 Å². The summed E-state index contributed by atoms with van der Waals surface area (Å²) in [6, 6.07) is 11.2. The number of hydrogen-bond acceptors (Lipinski definition) is 0. The molecular weight excluding hydrogens is 364 g/mol. The second-order valence-electron chi connectivity index (χ2n) is 5.18. The summed E-state index contributed by atoms with van der Waals surface area (Å²) in [4.78, 5) is 0. The lowest BCUT2D eigenvalue weighted by molar-refractivity contribution is 0.795. The molecule has 98 valence electrons. The van der Waals surface area contributed by atoms with Crippen molar-refractivity contribution in [3.05, 3.63) is 56.0 Å². The smallest absolute Gasteiger partial charge is 0.0181 e. The van der Waals surface area contributed by atoms with Crippen LogP contribution < -0.4 is 0 Å². The molecule has 19 heavy (non-hydrogen) atoms. The Bertz CT molecular complexity index is 629. The summed E-state index contributed by atoms with van der Waals surface area (Å²) in [5.41, 5.74) is 7.32. The fraction of sp³-hybridized carbons (Fsp3) is 0.294. The first-order valence-electron chi connectivity index (χ1n) is 6.79. The maximum absolute atomic E-state index is 3.66. The van der Waals surface area contributed by atoms with E-state index in [9.17, 15) is 0 Å². The van der Waals surface area contributed by atoms with Crippen LogP contribution in [0, 0.1) is 0 Å². The molecule has 0 aromatic heterocycles. The molecule has 0 amide bonds. The van der Waals surface area contributed by atoms with Crippen LogP contribution in [0.25, 0.3) is 11.1 Å². The van der Waals surface area contributed by atoms with Gasteiger partial charge in [0.15, 0.2) is 0 Å². The molecule has 0 atom stereocenters. The van der Waals surface area contributed by atoms with Gasteiger partial charge >= 0.3 is 0 Å². The number of aryl methyl sites for hydroxylation is 1. The molecule has 1 aliphatic rings. The zero-order valence-corrected chi connectivity index (χ0v) is 14.1. The lowest BCUT2D eigenvalue weighted by Crippen LogP contribution is -1.91. The summed E-state index contributed by atoms with van der Waals surface area (Å²) in [6.07, 6.45) is 4.74. The van der Waals surface area contributed by atoms with Crippen LogP contribution in [0.15, 0.2) is 39.3 Å². The Morgan fingerprint density at radius 1 is 1.00 bits per heavy atom. The van der Waals surface area contributed by atoms with E-state index in [1.54, 1.807) is 0 Å². The highest BCUT2D eigenvalue weighted by Gasteiger charge is 2.21. The van der Waals surface area contributed by atoms with Crippen LogP contribution in [0.2, 0.25) is 0 Å². The molecule has 0 saturated carbocycles. The van der Waals surface area contributed by atoms with E-state index in [0.717, 1.165) is 6.42 Å². The van der Waals surface area contributed by atoms with Crippen LogP contribution in [0.3, 0.4) is 0 Å². The largest absolute Gasteiger partial charge is 0.0654 e. The Morgan fingerprint density at radius 3 is 2.58 bits per heavy atom. The lowest BCUT2D eigenvalue weighted by atomic mass is 9.96. The second kappa shape index (κ2) is 5.41. The van der Waals surface area contributed by atoms with Crippen LogP contribution in [0.5, 0.6) is 0 Å². The van der Waals surface area contributed by atoms with E-state index < -0.39 is 0 Å². The predicted molar refractivity (Wildman–Crippen MR) is 88.7 cm³/mol. The minimum atomic E-state index is 1.06. The van der Waals surface area contributed by atoms with E-state index >= 15 is 0 Å². The zero-order chi connectivity index (χ0) is 13.4. The van der Waals surface area contributed by atoms with Gasteiger partial charge in [0.25, 0.3) is 0 Å². The first-order chi connectivity index (χ1) is 9.19. The van der Waals surface area contributed by atoms with E-state index in [-0.39, 0.29) is 0 Å². The number of benzene rings is 2. The maximum atomic E-state index is 3.66. The number of fused-ring (bicyclic) bond motifs is 3. The van der Waals surface area contributed by atoms with Gasteiger partial charge in [-0.3, -0.25) is 0 Å². The fourth-order valence-electron chi connectivity index (χ4n) is 2.93. The highest BCUT2D eigenvalue weighted by atomic mass is 79.9. The molecular formula is C17H16Br2. The summed E-state index contributed by atoms with van der Waals surface area (Å²) in [7, 11) is 0. The van der Waals surface area contributed by atoms with E-state index in [1.165, 1.54) is 56.0 Å². The van der Waals surface area contributed by atoms with Gasteiger partial charge in [0, 0.05) is 8.95 Å². The Balaban J connectivity index is 2.13. The van der Waals surface area contributed by atoms with Gasteiger partial charge in [-0.05, 0) is 71.3 Å². The van der Waals surface area contributed by atoms with Gasteiger partial charge in [-0.1, -0.05) is 51.3 Å². The Hall–Kier alpha value is -0.600. The molecule has 0 bridgehead atoms. The molecule has 0 spiro atoms. The van der Waals surface area contributed by atoms with Crippen molar-refractivity contribution in [1.82, 2.24) is 0 Å². The SMILES string of the molecule is CCCCc1cc(Br)cc2c1-c1ccc(Br)cc1C2. The van der Waals surface area contributed by atoms with Crippen molar-refractivity contribution in [1.29, 1.82) is 0 Å². The van der Waals surface area contributed by atoms with E-state index in [4.69, 9.17) is 0 Å². The third-order valence-electron chi connectivity index (χ3n) is 3.78. The molecule has 0 saturated heterocycles. The average molecular weight is 380 g/mol. The van der Waals surface area contributed by atoms with Crippen LogP contribution in [-0.2, 0) is 12.8 Å². The number of rotatable bonds is 3. The molecule has 0 heterocycles. The second-order valence-corrected chi connectivity index (χ2v) is 7.01. The van der Waals surface area contributed by atoms with Crippen molar-refractivity contribution in [3.8, 4) is 11.1 Å². The molecule has 2 aromatic carbocycles. The van der Waals surface area contributed by atoms with Gasteiger partial charge in [0.1, 0.15) is 0 Å². The van der Waals surface area contributed by atoms with Gasteiger partial charge in [0.2, 0.25) is 0 Å². The lowest BCUT2D eigenvalue weighted by Gasteiger charge is -2.10. The molecule has 0 unspecified atom stereocenters. The Kier molecular flexibility index (Phi) is 3.81. The minimum Gasteiger partial charge on any atom is -0.0654 e. The highest BCUT2D eigenvalue weighted by Crippen LogP contribution is 2.42. The molecule has 3 rings (SSSR count). The molecule has 0 N–H and O–H groups in total. The number of unbranched alkanes of at least 4 members (excludes halogenated alkanes) is 1. The van der Waals surface area contributed by atoms with Crippen molar-refractivity contribution in [2.45, 2.75) is 32.6 Å². The first kappa shape index (κ1) is 13.4. The molecule has 0 nitrogen and oxygen atoms in total. The first-order valence-corrected chi connectivity index (χ1v) is 8.37. The molecule has 2 aromatic rings. The third-order valence-corrected chi connectivity index (χ3v) is 4.73. The standard InChI is InChI=1S/C17H16Br2/c1-2-3-4-11-8-15(19)10-13-7-12-9-14(18)5-6-16(12)17(11)13/h5-6,8-10H,2-4,7H2,1H3. The summed E-state index contributed by atoms with van der Waals surface area (Å²) < 4.78 is 2.39. The quantitative estimate of drug-likeness (QED) is 0.513. The highest BCUT2D eigenvalue weighted by molar-refractivity contribution is 9.10. The third kappa shape index (κ3) is 2.53. The molecule has 1 aliphatic carbocycles. The van der Waals surface area contributed by atoms with Crippen molar-refractivity contribution < 1.29 is 0 Å². The predicted octanol–water partition coefficient (Wildman–Crippen LogP) is 6.13. The fourth-order valence-corrected chi connectivity index (χ4v) is 3.89. The molecule has 2 heteroatoms. The van der Waals surface area contributed by atoms with Crippen LogP contribution >= 0.6 is 31.9 Å². The summed E-state index contributed by atoms with van der Waals surface area (Å²) in [5.74, 6) is 0. The zero-order valence-electron chi connectivity index (χ0n) is 11.0. The Morgan fingerprint density at radius 2 is 1.79 bits per heavy atom. The monoisotopic (exact) mass is 378 g/mol. The average Bonchev–Trinajstić information content (AvgIpc) is 2.72. The van der Waals surface area contributed by atoms with Crippen LogP contribution in [-0.4, -0.2) is 0 Å². The molecule has 0 fully saturated rings. The summed E-state index contributed by atoms with van der Waals surface area (Å²) in [6.45, 7) is 2.25.